The van der Waals surface area contributed by atoms with E-state index in [1.165, 1.54) is 0 Å². The zero-order valence-corrected chi connectivity index (χ0v) is 14.9. The molecule has 0 unspecified atom stereocenters. The van der Waals surface area contributed by atoms with Crippen molar-refractivity contribution in [1.82, 2.24) is 10.3 Å². The van der Waals surface area contributed by atoms with Gasteiger partial charge in [0, 0.05) is 23.7 Å². The van der Waals surface area contributed by atoms with Gasteiger partial charge in [0.25, 0.3) is 5.91 Å². The average molecular weight is 349 g/mol. The van der Waals surface area contributed by atoms with E-state index in [0.29, 0.717) is 11.5 Å². The summed E-state index contributed by atoms with van der Waals surface area (Å²) in [7, 11) is 0. The molecule has 0 spiro atoms. The molecule has 2 aromatic rings. The third-order valence-electron chi connectivity index (χ3n) is 5.02. The first kappa shape index (κ1) is 16.8. The molecule has 5 nitrogen and oxygen atoms in total. The molecule has 4 rings (SSSR count). The van der Waals surface area contributed by atoms with Gasteiger partial charge in [-0.15, -0.1) is 0 Å². The lowest BCUT2D eigenvalue weighted by atomic mass is 10.1. The number of nitrogens with one attached hydrogen (secondary N) is 2. The van der Waals surface area contributed by atoms with Gasteiger partial charge in [-0.1, -0.05) is 12.1 Å². The van der Waals surface area contributed by atoms with E-state index in [9.17, 15) is 9.59 Å². The van der Waals surface area contributed by atoms with Crippen LogP contribution in [0.25, 0.3) is 0 Å². The first-order valence-corrected chi connectivity index (χ1v) is 9.28. The van der Waals surface area contributed by atoms with Gasteiger partial charge in [0.05, 0.1) is 17.3 Å². The van der Waals surface area contributed by atoms with Gasteiger partial charge in [-0.2, -0.15) is 0 Å². The Kier molecular flexibility index (Phi) is 4.45. The van der Waals surface area contributed by atoms with Gasteiger partial charge in [0.2, 0.25) is 5.91 Å². The Morgan fingerprint density at radius 1 is 1.08 bits per heavy atom. The molecule has 2 N–H and O–H groups in total. The largest absolute Gasteiger partial charge is 0.345 e. The van der Waals surface area contributed by atoms with Crippen LogP contribution in [0.5, 0.6) is 0 Å². The molecule has 26 heavy (non-hydrogen) atoms. The number of amides is 2. The smallest absolute Gasteiger partial charge is 0.253 e. The van der Waals surface area contributed by atoms with E-state index in [1.807, 2.05) is 43.3 Å². The minimum atomic E-state index is -0.122. The quantitative estimate of drug-likeness (QED) is 0.833. The Balaban J connectivity index is 1.40. The molecule has 2 fully saturated rings. The first-order valence-electron chi connectivity index (χ1n) is 9.28. The van der Waals surface area contributed by atoms with Crippen LogP contribution in [-0.2, 0) is 4.79 Å². The van der Waals surface area contributed by atoms with Crippen LogP contribution in [0.1, 0.15) is 66.2 Å². The standard InChI is InChI=1S/C21H23N3O2/c1-13(14-8-10-17(11-9-14)24-20(25)16-6-7-16)23-21(26)18-3-2-12-22-19(18)15-4-5-15/h2-3,8-13,15-16H,4-7H2,1H3,(H,23,26)(H,24,25)/t13-/m0/s1. The van der Waals surface area contributed by atoms with Crippen LogP contribution >= 0.6 is 0 Å². The van der Waals surface area contributed by atoms with E-state index in [4.69, 9.17) is 0 Å². The minimum absolute atomic E-state index is 0.0846. The molecule has 1 aromatic heterocycles. The number of carbonyl (C=O) groups is 2. The zero-order chi connectivity index (χ0) is 18.1. The summed E-state index contributed by atoms with van der Waals surface area (Å²) in [6.45, 7) is 1.96. The third kappa shape index (κ3) is 3.77. The van der Waals surface area contributed by atoms with Crippen LogP contribution in [0.2, 0.25) is 0 Å². The summed E-state index contributed by atoms with van der Waals surface area (Å²) in [5.41, 5.74) is 3.39. The van der Waals surface area contributed by atoms with Crippen molar-refractivity contribution in [3.8, 4) is 0 Å². The summed E-state index contributed by atoms with van der Waals surface area (Å²) in [5.74, 6) is 0.636. The van der Waals surface area contributed by atoms with Gasteiger partial charge >= 0.3 is 0 Å². The second-order valence-corrected chi connectivity index (χ2v) is 7.29. The Morgan fingerprint density at radius 3 is 2.46 bits per heavy atom. The summed E-state index contributed by atoms with van der Waals surface area (Å²) < 4.78 is 0. The zero-order valence-electron chi connectivity index (χ0n) is 14.9. The van der Waals surface area contributed by atoms with E-state index >= 15 is 0 Å². The van der Waals surface area contributed by atoms with Crippen molar-refractivity contribution in [3.63, 3.8) is 0 Å². The fourth-order valence-corrected chi connectivity index (χ4v) is 3.09. The van der Waals surface area contributed by atoms with Crippen molar-refractivity contribution >= 4 is 17.5 Å². The molecular formula is C21H23N3O2. The lowest BCUT2D eigenvalue weighted by molar-refractivity contribution is -0.117. The highest BCUT2D eigenvalue weighted by atomic mass is 16.2. The predicted octanol–water partition coefficient (Wildman–Crippen LogP) is 3.80. The predicted molar refractivity (Wildman–Crippen MR) is 99.9 cm³/mol. The van der Waals surface area contributed by atoms with E-state index in [-0.39, 0.29) is 23.8 Å². The van der Waals surface area contributed by atoms with E-state index < -0.39 is 0 Å². The molecule has 134 valence electrons. The van der Waals surface area contributed by atoms with E-state index in [2.05, 4.69) is 15.6 Å². The minimum Gasteiger partial charge on any atom is -0.345 e. The van der Waals surface area contributed by atoms with Gasteiger partial charge in [-0.25, -0.2) is 0 Å². The highest BCUT2D eigenvalue weighted by Crippen LogP contribution is 2.40. The molecule has 0 radical (unpaired) electrons. The number of aromatic nitrogens is 1. The number of nitrogens with zero attached hydrogens (tertiary/aromatic N) is 1. The number of benzene rings is 1. The van der Waals surface area contributed by atoms with Gasteiger partial charge in [-0.3, -0.25) is 14.6 Å². The van der Waals surface area contributed by atoms with Crippen molar-refractivity contribution in [3.05, 3.63) is 59.4 Å². The SMILES string of the molecule is C[C@H](NC(=O)c1cccnc1C1CC1)c1ccc(NC(=O)C2CC2)cc1. The summed E-state index contributed by atoms with van der Waals surface area (Å²) in [6.07, 6.45) is 5.96. The molecular weight excluding hydrogens is 326 g/mol. The maximum absolute atomic E-state index is 12.7. The average Bonchev–Trinajstić information content (AvgIpc) is 3.55. The molecule has 5 heteroatoms. The first-order chi connectivity index (χ1) is 12.6. The molecule has 0 aliphatic heterocycles. The number of pyridine rings is 1. The summed E-state index contributed by atoms with van der Waals surface area (Å²) in [6, 6.07) is 11.2. The van der Waals surface area contributed by atoms with E-state index in [1.54, 1.807) is 6.20 Å². The van der Waals surface area contributed by atoms with Crippen LogP contribution in [0.15, 0.2) is 42.6 Å². The summed E-state index contributed by atoms with van der Waals surface area (Å²) in [4.78, 5) is 28.9. The third-order valence-corrected chi connectivity index (χ3v) is 5.02. The molecule has 2 aliphatic rings. The van der Waals surface area contributed by atoms with E-state index in [0.717, 1.165) is 42.6 Å². The van der Waals surface area contributed by atoms with Gasteiger partial charge in [0.15, 0.2) is 0 Å². The number of rotatable bonds is 6. The lowest BCUT2D eigenvalue weighted by Crippen LogP contribution is -2.27. The fourth-order valence-electron chi connectivity index (χ4n) is 3.09. The molecule has 1 heterocycles. The monoisotopic (exact) mass is 349 g/mol. The number of anilines is 1. The number of carbonyl (C=O) groups excluding carboxylic acids is 2. The number of hydrogen-bond acceptors (Lipinski definition) is 3. The molecule has 2 aliphatic carbocycles. The molecule has 1 atom stereocenters. The highest BCUT2D eigenvalue weighted by Gasteiger charge is 2.30. The van der Waals surface area contributed by atoms with Crippen LogP contribution in [0.4, 0.5) is 5.69 Å². The van der Waals surface area contributed by atoms with Crippen molar-refractivity contribution in [2.24, 2.45) is 5.92 Å². The molecule has 0 saturated heterocycles. The van der Waals surface area contributed by atoms with Gasteiger partial charge in [0.1, 0.15) is 0 Å². The maximum atomic E-state index is 12.7. The maximum Gasteiger partial charge on any atom is 0.253 e. The second kappa shape index (κ2) is 6.90. The van der Waals surface area contributed by atoms with Crippen molar-refractivity contribution < 1.29 is 9.59 Å². The summed E-state index contributed by atoms with van der Waals surface area (Å²) >= 11 is 0. The normalized spacial score (nSPS) is 17.4. The molecule has 2 saturated carbocycles. The van der Waals surface area contributed by atoms with Gasteiger partial charge in [-0.05, 0) is 62.4 Å². The van der Waals surface area contributed by atoms with Crippen LogP contribution < -0.4 is 10.6 Å². The highest BCUT2D eigenvalue weighted by molar-refractivity contribution is 5.96. The fraction of sp³-hybridized carbons (Fsp3) is 0.381. The van der Waals surface area contributed by atoms with Crippen LogP contribution in [0, 0.1) is 5.92 Å². The van der Waals surface area contributed by atoms with Crippen molar-refractivity contribution in [1.29, 1.82) is 0 Å². The second-order valence-electron chi connectivity index (χ2n) is 7.29. The topological polar surface area (TPSA) is 71.1 Å². The Hall–Kier alpha value is -2.69. The Bertz CT molecular complexity index is 823. The Labute approximate surface area is 153 Å². The Morgan fingerprint density at radius 2 is 1.81 bits per heavy atom. The van der Waals surface area contributed by atoms with Crippen molar-refractivity contribution in [2.75, 3.05) is 5.32 Å². The van der Waals surface area contributed by atoms with Crippen LogP contribution in [-0.4, -0.2) is 16.8 Å². The molecule has 2 amide bonds. The van der Waals surface area contributed by atoms with Crippen molar-refractivity contribution in [2.45, 2.75) is 44.6 Å². The number of hydrogen-bond donors (Lipinski definition) is 2. The summed E-state index contributed by atoms with van der Waals surface area (Å²) in [5, 5.41) is 5.99. The van der Waals surface area contributed by atoms with Crippen LogP contribution in [0.3, 0.4) is 0 Å². The van der Waals surface area contributed by atoms with Gasteiger partial charge < -0.3 is 10.6 Å². The molecule has 0 bridgehead atoms. The molecule has 1 aromatic carbocycles. The lowest BCUT2D eigenvalue weighted by Gasteiger charge is -2.16.